The van der Waals surface area contributed by atoms with Crippen molar-refractivity contribution in [1.82, 2.24) is 0 Å². The molecule has 0 aliphatic heterocycles. The molecule has 0 fully saturated rings. The molecule has 0 aliphatic carbocycles. The van der Waals surface area contributed by atoms with Crippen LogP contribution in [0.25, 0.3) is 0 Å². The highest BCUT2D eigenvalue weighted by molar-refractivity contribution is 9.24. The predicted molar refractivity (Wildman–Crippen MR) is 84.4 cm³/mol. The van der Waals surface area contributed by atoms with E-state index in [0.29, 0.717) is 0 Å². The number of halogens is 2. The molecule has 1 aromatic carbocycles. The second-order valence-corrected chi connectivity index (χ2v) is 9.70. The number of benzene rings is 1. The van der Waals surface area contributed by atoms with Crippen molar-refractivity contribution in [2.45, 2.75) is 56.1 Å². The summed E-state index contributed by atoms with van der Waals surface area (Å²) in [5.41, 5.74) is 4.45. The maximum atomic E-state index is 3.60. The van der Waals surface area contributed by atoms with Gasteiger partial charge >= 0.3 is 0 Å². The highest BCUT2D eigenvalue weighted by Gasteiger charge is 2.21. The third-order valence-corrected chi connectivity index (χ3v) is 4.00. The van der Waals surface area contributed by atoms with E-state index in [9.17, 15) is 0 Å². The van der Waals surface area contributed by atoms with E-state index in [0.717, 1.165) is 0 Å². The first-order valence-corrected chi connectivity index (χ1v) is 7.79. The maximum absolute atomic E-state index is 3.60. The van der Waals surface area contributed by atoms with E-state index in [1.807, 2.05) is 0 Å². The molecule has 0 aromatic heterocycles. The summed E-state index contributed by atoms with van der Waals surface area (Å²) >= 11 is 7.20. The van der Waals surface area contributed by atoms with Gasteiger partial charge in [0.15, 0.2) is 0 Å². The Bertz CT molecular complexity index is 360. The molecule has 2 heteroatoms. The van der Waals surface area contributed by atoms with Crippen molar-refractivity contribution in [3.63, 3.8) is 0 Å². The molecule has 0 amide bonds. The monoisotopic (exact) mass is 360 g/mol. The molecule has 0 saturated carbocycles. The van der Waals surface area contributed by atoms with Gasteiger partial charge in [-0.3, -0.25) is 0 Å². The minimum absolute atomic E-state index is 0.185. The Morgan fingerprint density at radius 1 is 0.765 bits per heavy atom. The van der Waals surface area contributed by atoms with Crippen LogP contribution in [-0.4, -0.2) is 0 Å². The molecule has 0 unspecified atom stereocenters. The van der Waals surface area contributed by atoms with Gasteiger partial charge in [-0.2, -0.15) is 0 Å². The molecule has 0 heterocycles. The van der Waals surface area contributed by atoms with Crippen LogP contribution < -0.4 is 0 Å². The van der Waals surface area contributed by atoms with Crippen LogP contribution in [0.5, 0.6) is 0 Å². The third kappa shape index (κ3) is 4.10. The molecule has 96 valence electrons. The Balaban J connectivity index is 3.40. The van der Waals surface area contributed by atoms with Crippen LogP contribution in [-0.2, 0) is 10.8 Å². The van der Waals surface area contributed by atoms with Crippen molar-refractivity contribution in [3.8, 4) is 0 Å². The standard InChI is InChI=1S/C15H22Br2/c1-14(2,3)11-7-10(13(16)17)8-12(9-11)15(4,5)6/h7-9,13H,1-6H3. The summed E-state index contributed by atoms with van der Waals surface area (Å²) in [6.07, 6.45) is 0. The fourth-order valence-corrected chi connectivity index (χ4v) is 2.17. The molecule has 1 aromatic rings. The molecular weight excluding hydrogens is 340 g/mol. The summed E-state index contributed by atoms with van der Waals surface area (Å²) < 4.78 is 0.221. The summed E-state index contributed by atoms with van der Waals surface area (Å²) in [5.74, 6) is 0. The van der Waals surface area contributed by atoms with Crippen LogP contribution in [0.1, 0.15) is 62.0 Å². The van der Waals surface area contributed by atoms with E-state index in [1.54, 1.807) is 0 Å². The molecule has 0 nitrogen and oxygen atoms in total. The number of hydrogen-bond donors (Lipinski definition) is 0. The Kier molecular flexibility index (Phi) is 4.52. The fraction of sp³-hybridized carbons (Fsp3) is 0.600. The Labute approximate surface area is 122 Å². The van der Waals surface area contributed by atoms with Crippen LogP contribution in [0, 0.1) is 0 Å². The van der Waals surface area contributed by atoms with Crippen molar-refractivity contribution in [2.24, 2.45) is 0 Å². The zero-order valence-corrected chi connectivity index (χ0v) is 14.7. The first-order valence-electron chi connectivity index (χ1n) is 5.96. The third-order valence-electron chi connectivity index (χ3n) is 2.94. The average Bonchev–Trinajstić information content (AvgIpc) is 2.14. The molecule has 0 N–H and O–H groups in total. The van der Waals surface area contributed by atoms with Crippen molar-refractivity contribution >= 4 is 31.9 Å². The van der Waals surface area contributed by atoms with Crippen molar-refractivity contribution in [3.05, 3.63) is 34.9 Å². The van der Waals surface area contributed by atoms with E-state index in [-0.39, 0.29) is 14.6 Å². The zero-order valence-electron chi connectivity index (χ0n) is 11.6. The van der Waals surface area contributed by atoms with E-state index in [4.69, 9.17) is 0 Å². The highest BCUT2D eigenvalue weighted by atomic mass is 79.9. The van der Waals surface area contributed by atoms with Crippen molar-refractivity contribution < 1.29 is 0 Å². The maximum Gasteiger partial charge on any atom is 0.0946 e. The van der Waals surface area contributed by atoms with Gasteiger partial charge in [-0.1, -0.05) is 91.6 Å². The smallest absolute Gasteiger partial charge is 0.0712 e. The van der Waals surface area contributed by atoms with Gasteiger partial charge in [0.05, 0.1) is 3.74 Å². The number of alkyl halides is 2. The largest absolute Gasteiger partial charge is 0.0946 e. The van der Waals surface area contributed by atoms with Gasteiger partial charge in [0.2, 0.25) is 0 Å². The highest BCUT2D eigenvalue weighted by Crippen LogP contribution is 2.36. The summed E-state index contributed by atoms with van der Waals surface area (Å²) in [4.78, 5) is 0. The molecule has 0 atom stereocenters. The minimum atomic E-state index is 0.185. The van der Waals surface area contributed by atoms with Crippen LogP contribution in [0.15, 0.2) is 18.2 Å². The van der Waals surface area contributed by atoms with Gasteiger partial charge in [-0.15, -0.1) is 0 Å². The van der Waals surface area contributed by atoms with Crippen LogP contribution in [0.2, 0.25) is 0 Å². The molecule has 0 bridgehead atoms. The molecule has 17 heavy (non-hydrogen) atoms. The van der Waals surface area contributed by atoms with Gasteiger partial charge in [0.25, 0.3) is 0 Å². The first-order chi connectivity index (χ1) is 7.51. The van der Waals surface area contributed by atoms with E-state index < -0.39 is 0 Å². The summed E-state index contributed by atoms with van der Waals surface area (Å²) in [6, 6.07) is 6.90. The summed E-state index contributed by atoms with van der Waals surface area (Å²) in [5, 5.41) is 0. The number of hydrogen-bond acceptors (Lipinski definition) is 0. The van der Waals surface area contributed by atoms with Gasteiger partial charge in [0, 0.05) is 0 Å². The second-order valence-electron chi connectivity index (χ2n) is 6.64. The number of rotatable bonds is 1. The normalized spacial score (nSPS) is 13.2. The lowest BCUT2D eigenvalue weighted by molar-refractivity contribution is 0.567. The van der Waals surface area contributed by atoms with E-state index in [1.165, 1.54) is 16.7 Å². The van der Waals surface area contributed by atoms with Crippen molar-refractivity contribution in [1.29, 1.82) is 0 Å². The lowest BCUT2D eigenvalue weighted by atomic mass is 9.80. The predicted octanol–water partition coefficient (Wildman–Crippen LogP) is 6.07. The molecule has 0 spiro atoms. The molecular formula is C15H22Br2. The van der Waals surface area contributed by atoms with Crippen LogP contribution in [0.4, 0.5) is 0 Å². The minimum Gasteiger partial charge on any atom is -0.0712 e. The topological polar surface area (TPSA) is 0 Å². The lowest BCUT2D eigenvalue weighted by Crippen LogP contribution is -2.17. The SMILES string of the molecule is CC(C)(C)c1cc(C(Br)Br)cc(C(C)(C)C)c1. The second kappa shape index (κ2) is 5.05. The fourth-order valence-electron chi connectivity index (χ4n) is 1.64. The first kappa shape index (κ1) is 15.2. The Morgan fingerprint density at radius 3 is 1.35 bits per heavy atom. The van der Waals surface area contributed by atoms with Gasteiger partial charge in [0.1, 0.15) is 0 Å². The van der Waals surface area contributed by atoms with Gasteiger partial charge < -0.3 is 0 Å². The van der Waals surface area contributed by atoms with Gasteiger partial charge in [-0.25, -0.2) is 0 Å². The van der Waals surface area contributed by atoms with Gasteiger partial charge in [-0.05, 0) is 27.5 Å². The van der Waals surface area contributed by atoms with Crippen LogP contribution in [0.3, 0.4) is 0 Å². The quantitative estimate of drug-likeness (QED) is 0.532. The summed E-state index contributed by atoms with van der Waals surface area (Å²) in [7, 11) is 0. The molecule has 1 rings (SSSR count). The van der Waals surface area contributed by atoms with E-state index >= 15 is 0 Å². The zero-order chi connectivity index (χ0) is 13.4. The Hall–Kier alpha value is 0.180. The Morgan fingerprint density at radius 2 is 1.12 bits per heavy atom. The molecule has 0 saturated heterocycles. The van der Waals surface area contributed by atoms with E-state index in [2.05, 4.69) is 91.6 Å². The molecule has 0 radical (unpaired) electrons. The van der Waals surface area contributed by atoms with Crippen LogP contribution >= 0.6 is 31.9 Å². The molecule has 0 aliphatic rings. The van der Waals surface area contributed by atoms with Crippen molar-refractivity contribution in [2.75, 3.05) is 0 Å². The summed E-state index contributed by atoms with van der Waals surface area (Å²) in [6.45, 7) is 13.6. The lowest BCUT2D eigenvalue weighted by Gasteiger charge is -2.26. The average molecular weight is 362 g/mol.